The monoisotopic (exact) mass is 168 g/mol. The first-order chi connectivity index (χ1) is 4.55. The molecule has 0 saturated carbocycles. The van der Waals surface area contributed by atoms with E-state index in [4.69, 9.17) is 0 Å². The molecule has 0 spiro atoms. The third-order valence-corrected chi connectivity index (χ3v) is 5.67. The van der Waals surface area contributed by atoms with Crippen LogP contribution in [0.4, 0.5) is 0 Å². The third-order valence-electron chi connectivity index (χ3n) is 2.94. The summed E-state index contributed by atoms with van der Waals surface area (Å²) in [5, 5.41) is 0. The van der Waals surface area contributed by atoms with Crippen molar-refractivity contribution in [3.63, 3.8) is 0 Å². The maximum absolute atomic E-state index is 2.37. The van der Waals surface area contributed by atoms with Gasteiger partial charge in [-0.25, -0.2) is 0 Å². The van der Waals surface area contributed by atoms with Gasteiger partial charge in [-0.1, -0.05) is 0 Å². The van der Waals surface area contributed by atoms with Crippen LogP contribution in [0.1, 0.15) is 27.7 Å². The molecule has 1 aliphatic heterocycles. The maximum atomic E-state index is 2.37. The molecule has 0 bridgehead atoms. The first kappa shape index (κ1) is 6.88. The average Bonchev–Trinajstić information content (AvgIpc) is 2.58. The minimum atomic E-state index is 0.296. The van der Waals surface area contributed by atoms with Crippen LogP contribution in [0.15, 0.2) is 18.9 Å². The summed E-state index contributed by atoms with van der Waals surface area (Å²) in [5.41, 5.74) is 3.71. The minimum absolute atomic E-state index is 0.296. The molecule has 52 valence electrons. The number of hydrogen-bond acceptors (Lipinski definition) is 0. The molecule has 0 fully saturated rings. The van der Waals surface area contributed by atoms with E-state index in [0.717, 1.165) is 0 Å². The van der Waals surface area contributed by atoms with Gasteiger partial charge in [-0.2, -0.15) is 0 Å². The molecule has 0 aromatic rings. The summed E-state index contributed by atoms with van der Waals surface area (Å²) in [6.07, 6.45) is 0. The van der Waals surface area contributed by atoms with Gasteiger partial charge < -0.3 is 0 Å². The standard InChI is InChI=1S/C9H12.Ti/c1-7-5-6-9(3,4)8(7)2;/h1-4H3;. The second-order valence-corrected chi connectivity index (χ2v) is 5.70. The molecule has 0 nitrogen and oxygen atoms in total. The molecule has 0 saturated heterocycles. The van der Waals surface area contributed by atoms with Gasteiger partial charge in [0.05, 0.1) is 0 Å². The van der Waals surface area contributed by atoms with Gasteiger partial charge in [0, 0.05) is 0 Å². The van der Waals surface area contributed by atoms with E-state index in [1.54, 1.807) is 15.0 Å². The summed E-state index contributed by atoms with van der Waals surface area (Å²) in [6.45, 7) is 9.30. The number of rotatable bonds is 0. The molecule has 0 aromatic heterocycles. The second-order valence-electron chi connectivity index (χ2n) is 3.75. The molecule has 0 N–H and O–H groups in total. The van der Waals surface area contributed by atoms with Crippen molar-refractivity contribution >= 4 is 0 Å². The Labute approximate surface area is 71.3 Å². The summed E-state index contributed by atoms with van der Waals surface area (Å²) >= 11 is 0.296. The van der Waals surface area contributed by atoms with Gasteiger partial charge in [0.25, 0.3) is 0 Å². The molecule has 0 aromatic carbocycles. The molecule has 1 heterocycles. The van der Waals surface area contributed by atoms with Crippen molar-refractivity contribution < 1.29 is 19.2 Å². The van der Waals surface area contributed by atoms with Crippen molar-refractivity contribution in [3.8, 4) is 0 Å². The predicted molar refractivity (Wildman–Crippen MR) is 39.2 cm³/mol. The van der Waals surface area contributed by atoms with E-state index >= 15 is 0 Å². The van der Waals surface area contributed by atoms with Crippen molar-refractivity contribution in [1.29, 1.82) is 0 Å². The average molecular weight is 168 g/mol. The Morgan fingerprint density at radius 2 is 1.80 bits per heavy atom. The van der Waals surface area contributed by atoms with Crippen LogP contribution in [0.3, 0.4) is 0 Å². The Morgan fingerprint density at radius 1 is 1.20 bits per heavy atom. The summed E-state index contributed by atoms with van der Waals surface area (Å²) in [4.78, 5) is 0. The van der Waals surface area contributed by atoms with Crippen molar-refractivity contribution in [2.24, 2.45) is 5.41 Å². The Bertz CT molecular complexity index is 266. The zero-order valence-corrected chi connectivity index (χ0v) is 8.56. The Balaban J connectivity index is 2.53. The van der Waals surface area contributed by atoms with Crippen molar-refractivity contribution in [2.75, 3.05) is 0 Å². The van der Waals surface area contributed by atoms with Crippen LogP contribution < -0.4 is 0 Å². The third kappa shape index (κ3) is 0.618. The summed E-state index contributed by atoms with van der Waals surface area (Å²) in [7, 11) is 0. The molecule has 2 rings (SSSR count). The summed E-state index contributed by atoms with van der Waals surface area (Å²) in [6, 6.07) is 0. The first-order valence-electron chi connectivity index (χ1n) is 3.75. The van der Waals surface area contributed by atoms with E-state index in [-0.39, 0.29) is 0 Å². The van der Waals surface area contributed by atoms with E-state index in [0.29, 0.717) is 24.6 Å². The molecule has 0 unspecified atom stereocenters. The Hall–Kier alpha value is 0.194. The van der Waals surface area contributed by atoms with Crippen LogP contribution in [-0.4, -0.2) is 0 Å². The van der Waals surface area contributed by atoms with Crippen LogP contribution in [-0.2, 0) is 19.2 Å². The molecule has 0 radical (unpaired) electrons. The molecule has 1 aliphatic carbocycles. The normalized spacial score (nSPS) is 26.8. The van der Waals surface area contributed by atoms with E-state index < -0.39 is 0 Å². The van der Waals surface area contributed by atoms with E-state index in [2.05, 4.69) is 27.7 Å². The fraction of sp³-hybridized carbons (Fsp3) is 0.556. The first-order valence-corrected chi connectivity index (χ1v) is 5.31. The van der Waals surface area contributed by atoms with Gasteiger partial charge in [-0.15, -0.1) is 0 Å². The van der Waals surface area contributed by atoms with E-state index in [9.17, 15) is 0 Å². The van der Waals surface area contributed by atoms with E-state index in [1.165, 1.54) is 0 Å². The SMILES string of the molecule is CC1=C(C)C(C)(C)[C]2=[C]1[Ti]2. The van der Waals surface area contributed by atoms with E-state index in [1.807, 2.05) is 3.88 Å². The van der Waals surface area contributed by atoms with Gasteiger partial charge in [0.15, 0.2) is 0 Å². The van der Waals surface area contributed by atoms with Gasteiger partial charge in [0.1, 0.15) is 0 Å². The van der Waals surface area contributed by atoms with Gasteiger partial charge in [0.2, 0.25) is 0 Å². The van der Waals surface area contributed by atoms with Gasteiger partial charge >= 0.3 is 71.2 Å². The molecular weight excluding hydrogens is 156 g/mol. The zero-order chi connectivity index (χ0) is 7.52. The Morgan fingerprint density at radius 3 is 2.00 bits per heavy atom. The van der Waals surface area contributed by atoms with Crippen LogP contribution in [0.25, 0.3) is 0 Å². The molecule has 0 atom stereocenters. The zero-order valence-electron chi connectivity index (χ0n) is 7.00. The predicted octanol–water partition coefficient (Wildman–Crippen LogP) is 2.67. The van der Waals surface area contributed by atoms with Crippen molar-refractivity contribution in [1.82, 2.24) is 0 Å². The van der Waals surface area contributed by atoms with Gasteiger partial charge in [-0.3, -0.25) is 0 Å². The van der Waals surface area contributed by atoms with Gasteiger partial charge in [-0.05, 0) is 0 Å². The fourth-order valence-electron chi connectivity index (χ4n) is 1.69. The van der Waals surface area contributed by atoms with Crippen molar-refractivity contribution in [3.05, 3.63) is 18.9 Å². The van der Waals surface area contributed by atoms with Crippen LogP contribution >= 0.6 is 0 Å². The number of allylic oxidation sites excluding steroid dienone is 4. The Kier molecular flexibility index (Phi) is 1.15. The number of hydrogen-bond donors (Lipinski definition) is 0. The molecule has 10 heavy (non-hydrogen) atoms. The molecule has 1 heteroatoms. The summed E-state index contributed by atoms with van der Waals surface area (Å²) in [5.74, 6) is 0. The van der Waals surface area contributed by atoms with Crippen LogP contribution in [0, 0.1) is 5.41 Å². The summed E-state index contributed by atoms with van der Waals surface area (Å²) < 4.78 is 3.60. The van der Waals surface area contributed by atoms with Crippen LogP contribution in [0.2, 0.25) is 0 Å². The quantitative estimate of drug-likeness (QED) is 0.488. The van der Waals surface area contributed by atoms with Crippen LogP contribution in [0.5, 0.6) is 0 Å². The molecular formula is C9H12Ti. The molecule has 2 aliphatic rings. The van der Waals surface area contributed by atoms with Crippen molar-refractivity contribution in [2.45, 2.75) is 27.7 Å². The fourth-order valence-corrected chi connectivity index (χ4v) is 4.13. The topological polar surface area (TPSA) is 0 Å². The second kappa shape index (κ2) is 1.68. The molecule has 0 amide bonds.